The van der Waals surface area contributed by atoms with Crippen LogP contribution in [0, 0.1) is 0 Å². The minimum atomic E-state index is -4.30. The molecule has 3 heterocycles. The summed E-state index contributed by atoms with van der Waals surface area (Å²) in [6, 6.07) is 12.3. The zero-order chi connectivity index (χ0) is 28.3. The van der Waals surface area contributed by atoms with E-state index in [0.29, 0.717) is 36.8 Å². The maximum atomic E-state index is 13.0. The van der Waals surface area contributed by atoms with Crippen LogP contribution in [0.25, 0.3) is 11.2 Å². The Balaban J connectivity index is 1.16. The lowest BCUT2D eigenvalue weighted by atomic mass is 9.92. The number of amides is 2. The zero-order valence-electron chi connectivity index (χ0n) is 21.3. The summed E-state index contributed by atoms with van der Waals surface area (Å²) in [5.41, 5.74) is 7.36. The summed E-state index contributed by atoms with van der Waals surface area (Å²) < 4.78 is 51.2. The van der Waals surface area contributed by atoms with E-state index in [1.807, 2.05) is 30.3 Å². The molecule has 1 fully saturated rings. The molecule has 1 aliphatic carbocycles. The standard InChI is InChI=1S/C27H27F3N6O4/c28-27(29,30)12-13-39-20-10-11-23-21(14-32-36(23)15-20)25(38)33-17-6-8-19(9-7-17)40-26-22(24(31)37)16-35(34-26)18-4-2-1-3-5-18/h1-5,10-11,14-17,19H,6-9,12-13H2,(H2,31,37)(H,33,38). The van der Waals surface area contributed by atoms with Gasteiger partial charge in [0.15, 0.2) is 0 Å². The van der Waals surface area contributed by atoms with Gasteiger partial charge in [-0.05, 0) is 49.9 Å². The minimum Gasteiger partial charge on any atom is -0.492 e. The molecule has 40 heavy (non-hydrogen) atoms. The molecular weight excluding hydrogens is 529 g/mol. The molecule has 0 spiro atoms. The number of benzene rings is 1. The van der Waals surface area contributed by atoms with Crippen LogP contribution in [-0.2, 0) is 0 Å². The molecule has 1 aliphatic rings. The van der Waals surface area contributed by atoms with Crippen molar-refractivity contribution in [1.29, 1.82) is 0 Å². The lowest BCUT2D eigenvalue weighted by Crippen LogP contribution is -2.39. The van der Waals surface area contributed by atoms with E-state index in [1.165, 1.54) is 23.0 Å². The summed E-state index contributed by atoms with van der Waals surface area (Å²) in [7, 11) is 0. The number of nitrogens with one attached hydrogen (secondary N) is 1. The van der Waals surface area contributed by atoms with Crippen LogP contribution in [-0.4, -0.2) is 56.1 Å². The molecule has 0 bridgehead atoms. The van der Waals surface area contributed by atoms with Crippen molar-refractivity contribution in [2.24, 2.45) is 5.73 Å². The van der Waals surface area contributed by atoms with Crippen molar-refractivity contribution in [1.82, 2.24) is 24.7 Å². The molecule has 1 saturated carbocycles. The van der Waals surface area contributed by atoms with Gasteiger partial charge in [0.2, 0.25) is 5.88 Å². The molecule has 1 aromatic carbocycles. The van der Waals surface area contributed by atoms with E-state index in [0.717, 1.165) is 5.69 Å². The fraction of sp³-hybridized carbons (Fsp3) is 0.333. The Morgan fingerprint density at radius 2 is 1.77 bits per heavy atom. The maximum Gasteiger partial charge on any atom is 0.392 e. The normalized spacial score (nSPS) is 17.5. The SMILES string of the molecule is NC(=O)c1cn(-c2ccccc2)nc1OC1CCC(NC(=O)c2cnn3cc(OCCC(F)(F)F)ccc23)CC1. The van der Waals surface area contributed by atoms with Crippen molar-refractivity contribution in [2.75, 3.05) is 6.61 Å². The fourth-order valence-electron chi connectivity index (χ4n) is 4.58. The van der Waals surface area contributed by atoms with E-state index in [9.17, 15) is 22.8 Å². The van der Waals surface area contributed by atoms with Crippen LogP contribution >= 0.6 is 0 Å². The molecule has 0 saturated heterocycles. The largest absolute Gasteiger partial charge is 0.492 e. The summed E-state index contributed by atoms with van der Waals surface area (Å²) in [6.45, 7) is -0.505. The molecule has 0 radical (unpaired) electrons. The Bertz CT molecular complexity index is 1490. The predicted molar refractivity (Wildman–Crippen MR) is 138 cm³/mol. The minimum absolute atomic E-state index is 0.0928. The highest BCUT2D eigenvalue weighted by Crippen LogP contribution is 2.27. The van der Waals surface area contributed by atoms with Crippen LogP contribution in [0.15, 0.2) is 61.1 Å². The molecule has 3 aromatic heterocycles. The Morgan fingerprint density at radius 3 is 2.48 bits per heavy atom. The molecule has 210 valence electrons. The summed E-state index contributed by atoms with van der Waals surface area (Å²) in [4.78, 5) is 24.9. The molecular formula is C27H27F3N6O4. The number of hydrogen-bond donors (Lipinski definition) is 2. The van der Waals surface area contributed by atoms with Gasteiger partial charge in [0, 0.05) is 12.2 Å². The number of nitrogens with two attached hydrogens (primary N) is 1. The number of fused-ring (bicyclic) bond motifs is 1. The molecule has 0 unspecified atom stereocenters. The first-order valence-electron chi connectivity index (χ1n) is 12.8. The third-order valence-electron chi connectivity index (χ3n) is 6.64. The molecule has 5 rings (SSSR count). The number of ether oxygens (including phenoxy) is 2. The van der Waals surface area contributed by atoms with Crippen molar-refractivity contribution in [3.05, 3.63) is 72.2 Å². The first-order valence-corrected chi connectivity index (χ1v) is 12.8. The Hall–Kier alpha value is -4.55. The lowest BCUT2D eigenvalue weighted by Gasteiger charge is -2.29. The fourth-order valence-corrected chi connectivity index (χ4v) is 4.58. The molecule has 0 atom stereocenters. The van der Waals surface area contributed by atoms with Crippen molar-refractivity contribution in [3.8, 4) is 17.3 Å². The number of alkyl halides is 3. The summed E-state index contributed by atoms with van der Waals surface area (Å²) >= 11 is 0. The predicted octanol–water partition coefficient (Wildman–Crippen LogP) is 4.07. The van der Waals surface area contributed by atoms with Crippen molar-refractivity contribution < 1.29 is 32.2 Å². The highest BCUT2D eigenvalue weighted by atomic mass is 19.4. The van der Waals surface area contributed by atoms with Crippen molar-refractivity contribution in [3.63, 3.8) is 0 Å². The van der Waals surface area contributed by atoms with Crippen LogP contribution in [0.3, 0.4) is 0 Å². The summed E-state index contributed by atoms with van der Waals surface area (Å²) in [6.07, 6.45) is 1.40. The van der Waals surface area contributed by atoms with Gasteiger partial charge in [-0.25, -0.2) is 9.20 Å². The van der Waals surface area contributed by atoms with Crippen molar-refractivity contribution >= 4 is 17.3 Å². The average Bonchev–Trinajstić information content (AvgIpc) is 3.54. The second-order valence-corrected chi connectivity index (χ2v) is 9.52. The van der Waals surface area contributed by atoms with E-state index >= 15 is 0 Å². The second kappa shape index (κ2) is 11.3. The van der Waals surface area contributed by atoms with Gasteiger partial charge >= 0.3 is 6.18 Å². The summed E-state index contributed by atoms with van der Waals surface area (Å²) in [5.74, 6) is -0.538. The maximum absolute atomic E-state index is 13.0. The molecule has 2 amide bonds. The number of aromatic nitrogens is 4. The highest BCUT2D eigenvalue weighted by Gasteiger charge is 2.28. The Kier molecular flexibility index (Phi) is 7.63. The van der Waals surface area contributed by atoms with E-state index in [2.05, 4.69) is 15.5 Å². The third-order valence-corrected chi connectivity index (χ3v) is 6.64. The van der Waals surface area contributed by atoms with Gasteiger partial charge in [-0.15, -0.1) is 5.10 Å². The first kappa shape index (κ1) is 27.0. The summed E-state index contributed by atoms with van der Waals surface area (Å²) in [5, 5.41) is 11.6. The number of rotatable bonds is 9. The van der Waals surface area contributed by atoms with E-state index in [4.69, 9.17) is 15.2 Å². The monoisotopic (exact) mass is 556 g/mol. The molecule has 0 aliphatic heterocycles. The van der Waals surface area contributed by atoms with E-state index in [-0.39, 0.29) is 35.2 Å². The van der Waals surface area contributed by atoms with Gasteiger partial charge < -0.3 is 20.5 Å². The van der Waals surface area contributed by atoms with Crippen LogP contribution < -0.4 is 20.5 Å². The van der Waals surface area contributed by atoms with Crippen LogP contribution in [0.5, 0.6) is 11.6 Å². The van der Waals surface area contributed by atoms with E-state index < -0.39 is 25.1 Å². The lowest BCUT2D eigenvalue weighted by molar-refractivity contribution is -0.139. The first-order chi connectivity index (χ1) is 19.2. The molecule has 3 N–H and O–H groups in total. The topological polar surface area (TPSA) is 126 Å². The number of carbonyl (C=O) groups is 2. The number of pyridine rings is 1. The van der Waals surface area contributed by atoms with Crippen molar-refractivity contribution in [2.45, 2.75) is 50.4 Å². The number of halogens is 3. The number of nitrogens with zero attached hydrogens (tertiary/aromatic N) is 4. The smallest absolute Gasteiger partial charge is 0.392 e. The van der Waals surface area contributed by atoms with Gasteiger partial charge in [0.1, 0.15) is 17.4 Å². The molecule has 4 aromatic rings. The van der Waals surface area contributed by atoms with Gasteiger partial charge in [0.05, 0.1) is 42.2 Å². The number of carbonyl (C=O) groups excluding carboxylic acids is 2. The zero-order valence-corrected chi connectivity index (χ0v) is 21.3. The van der Waals surface area contributed by atoms with Gasteiger partial charge in [-0.1, -0.05) is 18.2 Å². The third kappa shape index (κ3) is 6.35. The Labute approximate surface area is 226 Å². The quantitative estimate of drug-likeness (QED) is 0.320. The van der Waals surface area contributed by atoms with Crippen LogP contribution in [0.2, 0.25) is 0 Å². The number of hydrogen-bond acceptors (Lipinski definition) is 6. The van der Waals surface area contributed by atoms with E-state index in [1.54, 1.807) is 16.9 Å². The average molecular weight is 557 g/mol. The molecule has 13 heteroatoms. The molecule has 10 nitrogen and oxygen atoms in total. The van der Waals surface area contributed by atoms with Crippen LogP contribution in [0.4, 0.5) is 13.2 Å². The van der Waals surface area contributed by atoms with Gasteiger partial charge in [-0.2, -0.15) is 18.3 Å². The number of para-hydroxylation sites is 1. The van der Waals surface area contributed by atoms with Crippen LogP contribution in [0.1, 0.15) is 52.8 Å². The highest BCUT2D eigenvalue weighted by molar-refractivity contribution is 6.00. The van der Waals surface area contributed by atoms with Gasteiger partial charge in [0.25, 0.3) is 11.8 Å². The Morgan fingerprint density at radius 1 is 1.02 bits per heavy atom. The van der Waals surface area contributed by atoms with Gasteiger partial charge in [-0.3, -0.25) is 9.59 Å². The second-order valence-electron chi connectivity index (χ2n) is 9.52. The number of primary amides is 1.